The first-order chi connectivity index (χ1) is 29.3. The van der Waals surface area contributed by atoms with Crippen LogP contribution in [0.1, 0.15) is 0 Å². The Morgan fingerprint density at radius 1 is 0.373 bits per heavy atom. The van der Waals surface area contributed by atoms with E-state index in [4.69, 9.17) is 4.42 Å². The Hall–Kier alpha value is -7.88. The number of hydrogen-bond acceptors (Lipinski definition) is 2. The molecule has 0 unspecified atom stereocenters. The van der Waals surface area contributed by atoms with Gasteiger partial charge in [0, 0.05) is 38.5 Å². The Kier molecular flexibility index (Phi) is 7.54. The van der Waals surface area contributed by atoms with Crippen molar-refractivity contribution in [2.45, 2.75) is 0 Å². The molecule has 12 rings (SSSR count). The molecule has 3 heteroatoms. The van der Waals surface area contributed by atoms with E-state index in [1.165, 1.54) is 48.9 Å². The molecule has 0 aliphatic heterocycles. The normalized spacial score (nSPS) is 11.7. The highest BCUT2D eigenvalue weighted by Gasteiger charge is 2.24. The molecule has 59 heavy (non-hydrogen) atoms. The van der Waals surface area contributed by atoms with Crippen molar-refractivity contribution in [2.75, 3.05) is 4.90 Å². The van der Waals surface area contributed by atoms with E-state index >= 15 is 0 Å². The van der Waals surface area contributed by atoms with Crippen LogP contribution in [0, 0.1) is 0 Å². The largest absolute Gasteiger partial charge is 0.455 e. The molecular weight excluding hydrogens is 717 g/mol. The number of nitrogens with zero attached hydrogens (tertiary/aromatic N) is 2. The highest BCUT2D eigenvalue weighted by molar-refractivity contribution is 6.19. The summed E-state index contributed by atoms with van der Waals surface area (Å²) in [4.78, 5) is 2.43. The van der Waals surface area contributed by atoms with Gasteiger partial charge in [-0.3, -0.25) is 0 Å². The maximum atomic E-state index is 6.79. The quantitative estimate of drug-likeness (QED) is 0.158. The lowest BCUT2D eigenvalue weighted by molar-refractivity contribution is 0.670. The molecule has 2 heterocycles. The third-order valence-corrected chi connectivity index (χ3v) is 12.0. The first kappa shape index (κ1) is 33.3. The molecule has 276 valence electrons. The number of furan rings is 1. The first-order valence-corrected chi connectivity index (χ1v) is 20.2. The smallest absolute Gasteiger partial charge is 0.145 e. The summed E-state index contributed by atoms with van der Waals surface area (Å²) in [5.74, 6) is 0. The summed E-state index contributed by atoms with van der Waals surface area (Å²) in [6.45, 7) is 0. The van der Waals surface area contributed by atoms with E-state index < -0.39 is 0 Å². The standard InChI is InChI=1S/C56H36N2O/c1-3-14-38(15-4-1)44-34-35-52(55-49-21-10-12-25-54(49)59-56(44)55)57(51-24-13-22-45-43-19-8-7-16-39(43)28-32-47(45)51)42-30-26-37(27-31-42)40-29-33-48-46-20-9-11-23-50(46)58(53(48)36-40)41-17-5-2-6-18-41/h1-36H. The van der Waals surface area contributed by atoms with Crippen LogP contribution in [-0.2, 0) is 0 Å². The van der Waals surface area contributed by atoms with Crippen molar-refractivity contribution < 1.29 is 4.42 Å². The van der Waals surface area contributed by atoms with E-state index in [1.807, 2.05) is 0 Å². The van der Waals surface area contributed by atoms with E-state index in [1.54, 1.807) is 0 Å². The summed E-state index contributed by atoms with van der Waals surface area (Å²) < 4.78 is 9.18. The number of aromatic nitrogens is 1. The molecule has 0 saturated heterocycles. The SMILES string of the molecule is c1ccc(-c2ccc(N(c3ccc(-c4ccc5c6ccccc6n(-c6ccccc6)c5c4)cc3)c3cccc4c3ccc3ccccc34)c3c2oc2ccccc23)cc1. The molecule has 10 aromatic carbocycles. The molecule has 12 aromatic rings. The predicted octanol–water partition coefficient (Wildman–Crippen LogP) is 15.8. The second kappa shape index (κ2) is 13.4. The van der Waals surface area contributed by atoms with E-state index in [2.05, 4.69) is 228 Å². The highest BCUT2D eigenvalue weighted by Crippen LogP contribution is 2.48. The highest BCUT2D eigenvalue weighted by atomic mass is 16.3. The third-order valence-electron chi connectivity index (χ3n) is 12.0. The summed E-state index contributed by atoms with van der Waals surface area (Å²) in [5.41, 5.74) is 13.0. The molecule has 3 nitrogen and oxygen atoms in total. The maximum Gasteiger partial charge on any atom is 0.145 e. The van der Waals surface area contributed by atoms with Crippen LogP contribution in [0.15, 0.2) is 223 Å². The van der Waals surface area contributed by atoms with Gasteiger partial charge in [0.05, 0.1) is 27.8 Å². The Morgan fingerprint density at radius 3 is 1.88 bits per heavy atom. The zero-order chi connectivity index (χ0) is 38.9. The summed E-state index contributed by atoms with van der Waals surface area (Å²) in [6.07, 6.45) is 0. The molecule has 0 aliphatic carbocycles. The van der Waals surface area contributed by atoms with Crippen molar-refractivity contribution in [3.05, 3.63) is 218 Å². The van der Waals surface area contributed by atoms with Gasteiger partial charge in [-0.1, -0.05) is 158 Å². The van der Waals surface area contributed by atoms with Crippen LogP contribution in [0.4, 0.5) is 17.1 Å². The number of hydrogen-bond donors (Lipinski definition) is 0. The lowest BCUT2D eigenvalue weighted by Gasteiger charge is -2.28. The fourth-order valence-electron chi connectivity index (χ4n) is 9.28. The third kappa shape index (κ3) is 5.29. The van der Waals surface area contributed by atoms with Crippen LogP contribution >= 0.6 is 0 Å². The van der Waals surface area contributed by atoms with E-state index in [-0.39, 0.29) is 0 Å². The number of fused-ring (bicyclic) bond motifs is 9. The minimum absolute atomic E-state index is 0.870. The predicted molar refractivity (Wildman–Crippen MR) is 249 cm³/mol. The topological polar surface area (TPSA) is 21.3 Å². The number of anilines is 3. The first-order valence-electron chi connectivity index (χ1n) is 20.2. The zero-order valence-electron chi connectivity index (χ0n) is 32.1. The van der Waals surface area contributed by atoms with Crippen molar-refractivity contribution in [3.8, 4) is 27.9 Å². The maximum absolute atomic E-state index is 6.79. The summed E-state index contributed by atoms with van der Waals surface area (Å²) in [5, 5.41) is 9.54. The van der Waals surface area contributed by atoms with Gasteiger partial charge in [0.1, 0.15) is 11.2 Å². The van der Waals surface area contributed by atoms with Gasteiger partial charge in [0.2, 0.25) is 0 Å². The Bertz CT molecular complexity index is 3540. The second-order valence-corrected chi connectivity index (χ2v) is 15.3. The van der Waals surface area contributed by atoms with E-state index in [0.717, 1.165) is 61.4 Å². The number of benzene rings is 10. The fourth-order valence-corrected chi connectivity index (χ4v) is 9.28. The zero-order valence-corrected chi connectivity index (χ0v) is 32.1. The van der Waals surface area contributed by atoms with Crippen molar-refractivity contribution in [2.24, 2.45) is 0 Å². The molecule has 0 atom stereocenters. The molecule has 0 fully saturated rings. The van der Waals surface area contributed by atoms with E-state index in [9.17, 15) is 0 Å². The van der Waals surface area contributed by atoms with Crippen molar-refractivity contribution in [3.63, 3.8) is 0 Å². The van der Waals surface area contributed by atoms with Crippen LogP contribution < -0.4 is 4.90 Å². The average molecular weight is 753 g/mol. The second-order valence-electron chi connectivity index (χ2n) is 15.3. The number of rotatable bonds is 6. The van der Waals surface area contributed by atoms with Gasteiger partial charge in [0.25, 0.3) is 0 Å². The van der Waals surface area contributed by atoms with Crippen molar-refractivity contribution in [1.82, 2.24) is 4.57 Å². The summed E-state index contributed by atoms with van der Waals surface area (Å²) >= 11 is 0. The molecule has 0 aliphatic rings. The molecule has 0 radical (unpaired) electrons. The molecule has 2 aromatic heterocycles. The van der Waals surface area contributed by atoms with Gasteiger partial charge < -0.3 is 13.9 Å². The van der Waals surface area contributed by atoms with Crippen LogP contribution in [0.3, 0.4) is 0 Å². The number of para-hydroxylation sites is 3. The van der Waals surface area contributed by atoms with Crippen LogP contribution in [0.2, 0.25) is 0 Å². The van der Waals surface area contributed by atoms with Gasteiger partial charge in [0.15, 0.2) is 0 Å². The lowest BCUT2D eigenvalue weighted by Crippen LogP contribution is -2.11. The monoisotopic (exact) mass is 752 g/mol. The Morgan fingerprint density at radius 2 is 1.03 bits per heavy atom. The van der Waals surface area contributed by atoms with Gasteiger partial charge in [-0.25, -0.2) is 0 Å². The Labute approximate surface area is 341 Å². The summed E-state index contributed by atoms with van der Waals surface area (Å²) in [7, 11) is 0. The fraction of sp³-hybridized carbons (Fsp3) is 0. The minimum Gasteiger partial charge on any atom is -0.455 e. The summed E-state index contributed by atoms with van der Waals surface area (Å²) in [6, 6.07) is 78.6. The van der Waals surface area contributed by atoms with E-state index in [0.29, 0.717) is 0 Å². The van der Waals surface area contributed by atoms with Crippen LogP contribution in [0.5, 0.6) is 0 Å². The molecule has 0 amide bonds. The minimum atomic E-state index is 0.870. The van der Waals surface area contributed by atoms with Gasteiger partial charge in [-0.2, -0.15) is 0 Å². The molecule has 0 saturated carbocycles. The lowest BCUT2D eigenvalue weighted by atomic mass is 9.97. The van der Waals surface area contributed by atoms with Gasteiger partial charge in [-0.05, 0) is 93.5 Å². The van der Waals surface area contributed by atoms with Crippen molar-refractivity contribution >= 4 is 82.4 Å². The van der Waals surface area contributed by atoms with Gasteiger partial charge in [-0.15, -0.1) is 0 Å². The Balaban J connectivity index is 1.08. The molecule has 0 bridgehead atoms. The average Bonchev–Trinajstić information content (AvgIpc) is 3.86. The van der Waals surface area contributed by atoms with Crippen LogP contribution in [0.25, 0.3) is 93.2 Å². The molecular formula is C56H36N2O. The van der Waals surface area contributed by atoms with Gasteiger partial charge >= 0.3 is 0 Å². The van der Waals surface area contributed by atoms with Crippen LogP contribution in [-0.4, -0.2) is 4.57 Å². The molecule has 0 N–H and O–H groups in total. The van der Waals surface area contributed by atoms with Crippen molar-refractivity contribution in [1.29, 1.82) is 0 Å². The molecule has 0 spiro atoms.